The normalized spacial score (nSPS) is 10.3. The first-order valence-corrected chi connectivity index (χ1v) is 6.69. The molecule has 0 atom stereocenters. The number of hydrogen-bond donors (Lipinski definition) is 0. The average Bonchev–Trinajstić information content (AvgIpc) is 2.54. The van der Waals surface area contributed by atoms with E-state index in [1.165, 1.54) is 0 Å². The van der Waals surface area contributed by atoms with Gasteiger partial charge in [-0.05, 0) is 42.3 Å². The van der Waals surface area contributed by atoms with Crippen molar-refractivity contribution in [2.24, 2.45) is 0 Å². The Bertz CT molecular complexity index is 684. The second kappa shape index (κ2) is 7.16. The second-order valence-corrected chi connectivity index (χ2v) is 4.51. The first-order valence-electron chi connectivity index (χ1n) is 6.69. The maximum atomic E-state index is 8.89. The van der Waals surface area contributed by atoms with E-state index in [4.69, 9.17) is 14.7 Å². The highest BCUT2D eigenvalue weighted by Crippen LogP contribution is 2.29. The Labute approximate surface area is 125 Å². The maximum absolute atomic E-state index is 8.89. The third-order valence-corrected chi connectivity index (χ3v) is 3.00. The van der Waals surface area contributed by atoms with E-state index < -0.39 is 0 Å². The minimum absolute atomic E-state index is 0.398. The molecule has 3 heteroatoms. The van der Waals surface area contributed by atoms with Gasteiger partial charge in [0.25, 0.3) is 0 Å². The summed E-state index contributed by atoms with van der Waals surface area (Å²) in [4.78, 5) is 0. The summed E-state index contributed by atoms with van der Waals surface area (Å²) in [7, 11) is 1.62. The summed E-state index contributed by atoms with van der Waals surface area (Å²) >= 11 is 0. The number of rotatable bonds is 5. The molecule has 0 unspecified atom stereocenters. The molecule has 0 amide bonds. The molecule has 3 nitrogen and oxygen atoms in total. The van der Waals surface area contributed by atoms with E-state index in [-0.39, 0.29) is 0 Å². The lowest BCUT2D eigenvalue weighted by atomic mass is 10.1. The molecule has 0 heterocycles. The number of benzene rings is 2. The van der Waals surface area contributed by atoms with E-state index in [0.29, 0.717) is 23.7 Å². The van der Waals surface area contributed by atoms with Gasteiger partial charge in [0.05, 0.1) is 18.7 Å². The summed E-state index contributed by atoms with van der Waals surface area (Å²) in [6.45, 7) is 2.37. The van der Waals surface area contributed by atoms with Crippen LogP contribution < -0.4 is 9.47 Å². The van der Waals surface area contributed by atoms with Gasteiger partial charge in [-0.15, -0.1) is 0 Å². The van der Waals surface area contributed by atoms with Gasteiger partial charge in [0.2, 0.25) is 0 Å². The van der Waals surface area contributed by atoms with Crippen LogP contribution >= 0.6 is 0 Å². The average molecular weight is 279 g/mol. The van der Waals surface area contributed by atoms with Gasteiger partial charge in [-0.2, -0.15) is 5.26 Å². The fourth-order valence-corrected chi connectivity index (χ4v) is 1.99. The van der Waals surface area contributed by atoms with Crippen molar-refractivity contribution < 1.29 is 9.47 Å². The van der Waals surface area contributed by atoms with E-state index in [2.05, 4.69) is 6.07 Å². The minimum atomic E-state index is 0.398. The van der Waals surface area contributed by atoms with Crippen LogP contribution in [-0.2, 0) is 6.61 Å². The van der Waals surface area contributed by atoms with Crippen LogP contribution in [0.4, 0.5) is 0 Å². The second-order valence-electron chi connectivity index (χ2n) is 4.51. The lowest BCUT2D eigenvalue weighted by Gasteiger charge is -2.11. The molecule has 0 bridgehead atoms. The van der Waals surface area contributed by atoms with E-state index in [1.54, 1.807) is 13.2 Å². The highest BCUT2D eigenvalue weighted by Gasteiger charge is 2.05. The number of nitriles is 1. The fourth-order valence-electron chi connectivity index (χ4n) is 1.99. The highest BCUT2D eigenvalue weighted by atomic mass is 16.5. The summed E-state index contributed by atoms with van der Waals surface area (Å²) in [5.74, 6) is 1.38. The summed E-state index contributed by atoms with van der Waals surface area (Å²) in [5.41, 5.74) is 2.65. The van der Waals surface area contributed by atoms with Crippen LogP contribution in [0.5, 0.6) is 11.5 Å². The smallest absolute Gasteiger partial charge is 0.161 e. The molecule has 106 valence electrons. The van der Waals surface area contributed by atoms with Gasteiger partial charge in [-0.25, -0.2) is 0 Å². The number of methoxy groups -OCH3 is 1. The standard InChI is InChI=1S/C18H17NO2/c1-3-5-14-8-9-17(18(11-14)20-2)21-13-16-7-4-6-15(10-16)12-19/h3-11H,13H2,1-2H3/b5-3+. The van der Waals surface area contributed by atoms with Crippen molar-refractivity contribution in [2.45, 2.75) is 13.5 Å². The van der Waals surface area contributed by atoms with Crippen LogP contribution in [0.3, 0.4) is 0 Å². The molecule has 0 N–H and O–H groups in total. The van der Waals surface area contributed by atoms with Crippen molar-refractivity contribution >= 4 is 6.08 Å². The summed E-state index contributed by atoms with van der Waals surface area (Å²) in [6, 6.07) is 15.3. The fraction of sp³-hybridized carbons (Fsp3) is 0.167. The Kier molecular flexibility index (Phi) is 5.00. The van der Waals surface area contributed by atoms with E-state index in [0.717, 1.165) is 11.1 Å². The molecule has 0 aromatic heterocycles. The molecule has 0 saturated heterocycles. The number of ether oxygens (including phenoxy) is 2. The van der Waals surface area contributed by atoms with E-state index in [9.17, 15) is 0 Å². The minimum Gasteiger partial charge on any atom is -0.493 e. The summed E-state index contributed by atoms with van der Waals surface area (Å²) in [5, 5.41) is 8.89. The van der Waals surface area contributed by atoms with Crippen LogP contribution in [0.25, 0.3) is 6.08 Å². The molecule has 0 fully saturated rings. The third kappa shape index (κ3) is 3.87. The zero-order valence-electron chi connectivity index (χ0n) is 12.2. The van der Waals surface area contributed by atoms with Gasteiger partial charge in [-0.3, -0.25) is 0 Å². The number of allylic oxidation sites excluding steroid dienone is 1. The Hall–Kier alpha value is -2.73. The van der Waals surface area contributed by atoms with Gasteiger partial charge in [0, 0.05) is 0 Å². The Morgan fingerprint density at radius 1 is 1.14 bits per heavy atom. The first-order chi connectivity index (χ1) is 10.3. The summed E-state index contributed by atoms with van der Waals surface area (Å²) < 4.78 is 11.1. The van der Waals surface area contributed by atoms with Gasteiger partial charge >= 0.3 is 0 Å². The maximum Gasteiger partial charge on any atom is 0.161 e. The molecular formula is C18H17NO2. The van der Waals surface area contributed by atoms with Crippen LogP contribution in [0.15, 0.2) is 48.5 Å². The van der Waals surface area contributed by atoms with Crippen molar-refractivity contribution in [3.63, 3.8) is 0 Å². The molecule has 0 aliphatic rings. The van der Waals surface area contributed by atoms with Crippen LogP contribution in [-0.4, -0.2) is 7.11 Å². The molecule has 21 heavy (non-hydrogen) atoms. The third-order valence-electron chi connectivity index (χ3n) is 3.00. The van der Waals surface area contributed by atoms with Gasteiger partial charge in [0.15, 0.2) is 11.5 Å². The molecule has 0 saturated carbocycles. The molecule has 0 radical (unpaired) electrons. The van der Waals surface area contributed by atoms with Crippen molar-refractivity contribution in [3.8, 4) is 17.6 Å². The van der Waals surface area contributed by atoms with Crippen molar-refractivity contribution in [2.75, 3.05) is 7.11 Å². The summed E-state index contributed by atoms with van der Waals surface area (Å²) in [6.07, 6.45) is 3.98. The SMILES string of the molecule is C/C=C/c1ccc(OCc2cccc(C#N)c2)c(OC)c1. The number of hydrogen-bond acceptors (Lipinski definition) is 3. The van der Waals surface area contributed by atoms with Crippen molar-refractivity contribution in [1.82, 2.24) is 0 Å². The zero-order valence-corrected chi connectivity index (χ0v) is 12.2. The molecule has 2 rings (SSSR count). The molecule has 0 aliphatic heterocycles. The lowest BCUT2D eigenvalue weighted by molar-refractivity contribution is 0.284. The van der Waals surface area contributed by atoms with Gasteiger partial charge < -0.3 is 9.47 Å². The Balaban J connectivity index is 2.14. The highest BCUT2D eigenvalue weighted by molar-refractivity contribution is 5.55. The van der Waals surface area contributed by atoms with Crippen molar-refractivity contribution in [1.29, 1.82) is 5.26 Å². The molecule has 2 aromatic carbocycles. The topological polar surface area (TPSA) is 42.2 Å². The van der Waals surface area contributed by atoms with Gasteiger partial charge in [0.1, 0.15) is 6.61 Å². The van der Waals surface area contributed by atoms with Crippen LogP contribution in [0, 0.1) is 11.3 Å². The number of nitrogens with zero attached hydrogens (tertiary/aromatic N) is 1. The van der Waals surface area contributed by atoms with E-state index >= 15 is 0 Å². The Morgan fingerprint density at radius 2 is 2.00 bits per heavy atom. The monoisotopic (exact) mass is 279 g/mol. The first kappa shape index (κ1) is 14.7. The molecule has 0 spiro atoms. The zero-order chi connectivity index (χ0) is 15.1. The Morgan fingerprint density at radius 3 is 2.71 bits per heavy atom. The van der Waals surface area contributed by atoms with Crippen LogP contribution in [0.1, 0.15) is 23.6 Å². The molecule has 2 aromatic rings. The quantitative estimate of drug-likeness (QED) is 0.824. The lowest BCUT2D eigenvalue weighted by Crippen LogP contribution is -1.98. The van der Waals surface area contributed by atoms with Crippen LogP contribution in [0.2, 0.25) is 0 Å². The predicted octanol–water partition coefficient (Wildman–Crippen LogP) is 4.18. The van der Waals surface area contributed by atoms with Crippen molar-refractivity contribution in [3.05, 3.63) is 65.2 Å². The molecule has 0 aliphatic carbocycles. The van der Waals surface area contributed by atoms with E-state index in [1.807, 2.05) is 55.5 Å². The predicted molar refractivity (Wildman–Crippen MR) is 83.2 cm³/mol. The largest absolute Gasteiger partial charge is 0.493 e. The molecular weight excluding hydrogens is 262 g/mol. The van der Waals surface area contributed by atoms with Gasteiger partial charge in [-0.1, -0.05) is 30.4 Å².